The smallest absolute Gasteiger partial charge is 0.264 e. The number of aromatic nitrogens is 4. The summed E-state index contributed by atoms with van der Waals surface area (Å²) in [5.41, 5.74) is 1.36. The van der Waals surface area contributed by atoms with Gasteiger partial charge < -0.3 is 16.0 Å². The third-order valence-electron chi connectivity index (χ3n) is 9.12. The van der Waals surface area contributed by atoms with Crippen molar-refractivity contribution in [2.45, 2.75) is 64.6 Å². The first-order valence-corrected chi connectivity index (χ1v) is 20.3. The number of hydrogen-bond donors (Lipinski definition) is 5. The van der Waals surface area contributed by atoms with Gasteiger partial charge in [-0.15, -0.1) is 0 Å². The van der Waals surface area contributed by atoms with Gasteiger partial charge in [0.1, 0.15) is 11.7 Å². The van der Waals surface area contributed by atoms with E-state index in [2.05, 4.69) is 41.1 Å². The highest BCUT2D eigenvalue weighted by Crippen LogP contribution is 2.37. The fraction of sp³-hybridized carbons (Fsp3) is 0.351. The van der Waals surface area contributed by atoms with Crippen molar-refractivity contribution in [2.24, 2.45) is 0 Å². The molecule has 2 atom stereocenters. The number of sulfonamides is 1. The number of fused-ring (bicyclic) bond motifs is 1. The van der Waals surface area contributed by atoms with Gasteiger partial charge in [-0.1, -0.05) is 17.7 Å². The number of carbonyl (C=O) groups excluding carboxylic acids is 5. The maximum Gasteiger partial charge on any atom is 0.264 e. The van der Waals surface area contributed by atoms with Gasteiger partial charge in [0.2, 0.25) is 33.7 Å². The van der Waals surface area contributed by atoms with Crippen LogP contribution in [0.2, 0.25) is 5.02 Å². The van der Waals surface area contributed by atoms with Gasteiger partial charge in [-0.3, -0.25) is 43.6 Å². The summed E-state index contributed by atoms with van der Waals surface area (Å²) in [4.78, 5) is 73.0. The largest absolute Gasteiger partial charge is 0.384 e. The van der Waals surface area contributed by atoms with Crippen LogP contribution in [0.5, 0.6) is 0 Å². The normalized spacial score (nSPS) is 16.1. The Balaban J connectivity index is 1.04. The molecule has 4 heterocycles. The van der Waals surface area contributed by atoms with Crippen molar-refractivity contribution < 1.29 is 36.8 Å². The molecule has 1 saturated heterocycles. The lowest BCUT2D eigenvalue weighted by atomic mass is 10.0. The number of imide groups is 2. The van der Waals surface area contributed by atoms with Crippen LogP contribution in [-0.2, 0) is 24.4 Å². The van der Waals surface area contributed by atoms with Crippen molar-refractivity contribution in [3.05, 3.63) is 70.8 Å². The Morgan fingerprint density at radius 1 is 1.04 bits per heavy atom. The zero-order chi connectivity index (χ0) is 41.2. The molecule has 2 aromatic carbocycles. The number of nitrogens with zero attached hydrogens (tertiary/aromatic N) is 5. The van der Waals surface area contributed by atoms with Crippen molar-refractivity contribution in [1.82, 2.24) is 35.3 Å². The number of halogens is 2. The summed E-state index contributed by atoms with van der Waals surface area (Å²) in [6, 6.07) is 7.40. The number of piperidine rings is 1. The van der Waals surface area contributed by atoms with E-state index in [4.69, 9.17) is 11.6 Å². The molecule has 0 radical (unpaired) electrons. The summed E-state index contributed by atoms with van der Waals surface area (Å²) in [5, 5.41) is 16.0. The number of nitrogens with one attached hydrogen (secondary N) is 5. The molecule has 1 fully saturated rings. The molecule has 2 aliphatic rings. The Kier molecular flexibility index (Phi) is 11.9. The lowest BCUT2D eigenvalue weighted by Gasteiger charge is -2.27. The summed E-state index contributed by atoms with van der Waals surface area (Å²) >= 11 is 6.28. The van der Waals surface area contributed by atoms with E-state index in [0.717, 1.165) is 11.2 Å². The van der Waals surface area contributed by atoms with Crippen molar-refractivity contribution in [3.8, 4) is 22.5 Å². The fourth-order valence-corrected chi connectivity index (χ4v) is 7.21. The van der Waals surface area contributed by atoms with Crippen LogP contribution in [0.4, 0.5) is 21.7 Å². The molecular formula is C37H40ClFN10O7S. The minimum absolute atomic E-state index is 0.0197. The Hall–Kier alpha value is -5.95. The third-order valence-corrected chi connectivity index (χ3v) is 9.93. The lowest BCUT2D eigenvalue weighted by Crippen LogP contribution is -2.54. The highest BCUT2D eigenvalue weighted by atomic mass is 35.5. The van der Waals surface area contributed by atoms with Crippen LogP contribution >= 0.6 is 11.6 Å². The van der Waals surface area contributed by atoms with Crippen molar-refractivity contribution in [3.63, 3.8) is 0 Å². The molecule has 0 bridgehead atoms. The molecule has 1 unspecified atom stereocenters. The average Bonchev–Trinajstić information content (AvgIpc) is 3.70. The van der Waals surface area contributed by atoms with Crippen LogP contribution in [0.25, 0.3) is 22.5 Å². The quantitative estimate of drug-likeness (QED) is 0.0849. The van der Waals surface area contributed by atoms with Gasteiger partial charge in [0.15, 0.2) is 5.82 Å². The number of anilines is 3. The molecule has 17 nitrogen and oxygen atoms in total. The predicted octanol–water partition coefficient (Wildman–Crippen LogP) is 3.96. The van der Waals surface area contributed by atoms with Crippen LogP contribution in [-0.4, -0.2) is 94.0 Å². The van der Waals surface area contributed by atoms with E-state index in [0.29, 0.717) is 29.9 Å². The van der Waals surface area contributed by atoms with Gasteiger partial charge in [-0.25, -0.2) is 22.8 Å². The first-order chi connectivity index (χ1) is 27.0. The molecule has 0 saturated carbocycles. The molecule has 57 heavy (non-hydrogen) atoms. The van der Waals surface area contributed by atoms with Crippen LogP contribution in [0.1, 0.15) is 73.2 Å². The molecule has 300 valence electrons. The molecule has 2 aromatic heterocycles. The summed E-state index contributed by atoms with van der Waals surface area (Å²) in [6.45, 7) is 6.15. The Labute approximate surface area is 332 Å². The molecule has 20 heteroatoms. The van der Waals surface area contributed by atoms with E-state index in [9.17, 15) is 32.4 Å². The van der Waals surface area contributed by atoms with Gasteiger partial charge in [0, 0.05) is 72.2 Å². The zero-order valence-electron chi connectivity index (χ0n) is 31.4. The Morgan fingerprint density at radius 2 is 1.81 bits per heavy atom. The Morgan fingerprint density at radius 3 is 2.53 bits per heavy atom. The summed E-state index contributed by atoms with van der Waals surface area (Å²) < 4.78 is 43.3. The molecule has 5 N–H and O–H groups in total. The van der Waals surface area contributed by atoms with E-state index >= 15 is 4.39 Å². The van der Waals surface area contributed by atoms with Gasteiger partial charge in [0.05, 0.1) is 28.8 Å². The van der Waals surface area contributed by atoms with Crippen molar-refractivity contribution in [2.75, 3.05) is 34.7 Å². The van der Waals surface area contributed by atoms with E-state index in [-0.39, 0.29) is 82.8 Å². The molecule has 0 aliphatic carbocycles. The number of benzene rings is 2. The van der Waals surface area contributed by atoms with Gasteiger partial charge in [-0.2, -0.15) is 5.10 Å². The standard InChI is InChI=1S/C37H40ClFN10O7S/c1-19(2)48-18-24(33(46-48)23-15-21(38)16-27(32(23)39)47-57(4,55)56)25-12-14-41-37(44-25)42-17-20(3)43-29(50)9-6-13-40-26-8-5-7-22-31(26)36(54)49(35(22)53)28-10-11-30(51)45-34(28)52/h5,7-8,12,14-16,18-20,28,40,47H,6,9-11,13,17H2,1-4H3,(H,43,50)(H,41,42,44)(H,45,51,52)/t20-,28?/m0/s1. The first kappa shape index (κ1) is 40.7. The highest BCUT2D eigenvalue weighted by Gasteiger charge is 2.45. The van der Waals surface area contributed by atoms with Gasteiger partial charge in [0.25, 0.3) is 11.8 Å². The fourth-order valence-electron chi connectivity index (χ4n) is 6.45. The molecule has 0 spiro atoms. The zero-order valence-corrected chi connectivity index (χ0v) is 32.9. The van der Waals surface area contributed by atoms with Gasteiger partial charge in [-0.05, 0) is 63.9 Å². The van der Waals surface area contributed by atoms with Crippen LogP contribution in [0.3, 0.4) is 0 Å². The molecule has 2 aliphatic heterocycles. The van der Waals surface area contributed by atoms with E-state index in [1.54, 1.807) is 36.0 Å². The summed E-state index contributed by atoms with van der Waals surface area (Å²) in [7, 11) is -3.81. The minimum atomic E-state index is -3.81. The second-order valence-corrected chi connectivity index (χ2v) is 16.2. The number of amides is 5. The Bertz CT molecular complexity index is 2390. The van der Waals surface area contributed by atoms with E-state index < -0.39 is 45.5 Å². The monoisotopic (exact) mass is 822 g/mol. The maximum atomic E-state index is 15.7. The summed E-state index contributed by atoms with van der Waals surface area (Å²) in [6.07, 6.45) is 4.74. The second kappa shape index (κ2) is 16.6. The minimum Gasteiger partial charge on any atom is -0.384 e. The van der Waals surface area contributed by atoms with Crippen molar-refractivity contribution in [1.29, 1.82) is 0 Å². The molecular weight excluding hydrogens is 783 g/mol. The number of carbonyl (C=O) groups is 5. The van der Waals surface area contributed by atoms with Crippen LogP contribution < -0.4 is 26.0 Å². The molecule has 4 aromatic rings. The number of hydrogen-bond acceptors (Lipinski definition) is 12. The maximum absolute atomic E-state index is 15.7. The predicted molar refractivity (Wildman–Crippen MR) is 209 cm³/mol. The van der Waals surface area contributed by atoms with Crippen LogP contribution in [0.15, 0.2) is 48.8 Å². The van der Waals surface area contributed by atoms with Crippen LogP contribution in [0, 0.1) is 5.82 Å². The number of rotatable bonds is 15. The molecule has 5 amide bonds. The average molecular weight is 823 g/mol. The first-order valence-electron chi connectivity index (χ1n) is 18.0. The SMILES string of the molecule is CC(C)n1cc(-c2ccnc(NC[C@H](C)NC(=O)CCCNc3cccc4c3C(=O)N(C3CCC(=O)NC3=O)C4=O)n2)c(-c2cc(Cl)cc(NS(C)(=O)=O)c2F)n1. The van der Waals surface area contributed by atoms with Gasteiger partial charge >= 0.3 is 0 Å². The van der Waals surface area contributed by atoms with E-state index in [1.165, 1.54) is 24.4 Å². The topological polar surface area (TPSA) is 226 Å². The second-order valence-electron chi connectivity index (χ2n) is 14.0. The summed E-state index contributed by atoms with van der Waals surface area (Å²) in [5.74, 6) is -3.23. The molecule has 6 rings (SSSR count). The van der Waals surface area contributed by atoms with Crippen molar-refractivity contribution >= 4 is 68.5 Å². The highest BCUT2D eigenvalue weighted by molar-refractivity contribution is 7.92. The third kappa shape index (κ3) is 9.20. The lowest BCUT2D eigenvalue weighted by molar-refractivity contribution is -0.136. The van der Waals surface area contributed by atoms with E-state index in [1.807, 2.05) is 13.8 Å².